The van der Waals surface area contributed by atoms with E-state index in [2.05, 4.69) is 54.6 Å². The van der Waals surface area contributed by atoms with Crippen molar-refractivity contribution in [2.45, 2.75) is 12.8 Å². The van der Waals surface area contributed by atoms with Gasteiger partial charge < -0.3 is 0 Å². The normalized spacial score (nSPS) is 11.0. The zero-order valence-corrected chi connectivity index (χ0v) is 14.6. The molecule has 3 heteroatoms. The molecule has 4 rings (SSSR count). The fourth-order valence-corrected chi connectivity index (χ4v) is 4.21. The molecule has 4 aromatic rings. The van der Waals surface area contributed by atoms with Crippen molar-refractivity contribution in [2.75, 3.05) is 0 Å². The van der Waals surface area contributed by atoms with E-state index in [-0.39, 0.29) is 0 Å². The Morgan fingerprint density at radius 1 is 0.750 bits per heavy atom. The standard InChI is InChI=1S/C21H16ClNS/c22-18-12-16(10-15-6-2-1-3-7-15)11-17(13-18)14-21-23-19-8-4-5-9-20(19)24-21/h1-9,11-13H,10,14H2. The van der Waals surface area contributed by atoms with Gasteiger partial charge in [-0.3, -0.25) is 0 Å². The van der Waals surface area contributed by atoms with Gasteiger partial charge in [-0.15, -0.1) is 11.3 Å². The van der Waals surface area contributed by atoms with Crippen molar-refractivity contribution < 1.29 is 0 Å². The second-order valence-corrected chi connectivity index (χ2v) is 7.43. The summed E-state index contributed by atoms with van der Waals surface area (Å²) in [6.45, 7) is 0. The zero-order valence-electron chi connectivity index (χ0n) is 13.1. The number of nitrogens with zero attached hydrogens (tertiary/aromatic N) is 1. The highest BCUT2D eigenvalue weighted by molar-refractivity contribution is 7.18. The summed E-state index contributed by atoms with van der Waals surface area (Å²) in [5.74, 6) is 0. The Hall–Kier alpha value is -2.16. The second kappa shape index (κ2) is 6.76. The van der Waals surface area contributed by atoms with Crippen LogP contribution in [0.3, 0.4) is 0 Å². The Balaban J connectivity index is 1.61. The maximum absolute atomic E-state index is 6.34. The lowest BCUT2D eigenvalue weighted by molar-refractivity contribution is 1.12. The average molecular weight is 350 g/mol. The predicted molar refractivity (Wildman–Crippen MR) is 103 cm³/mol. The van der Waals surface area contributed by atoms with Crippen LogP contribution < -0.4 is 0 Å². The van der Waals surface area contributed by atoms with E-state index >= 15 is 0 Å². The molecule has 0 saturated carbocycles. The molecule has 0 atom stereocenters. The van der Waals surface area contributed by atoms with Gasteiger partial charge in [0.05, 0.1) is 15.2 Å². The van der Waals surface area contributed by atoms with E-state index in [4.69, 9.17) is 16.6 Å². The largest absolute Gasteiger partial charge is 0.241 e. The Labute approximate surface area is 150 Å². The maximum Gasteiger partial charge on any atom is 0.0982 e. The first kappa shape index (κ1) is 15.4. The van der Waals surface area contributed by atoms with Crippen LogP contribution in [0.15, 0.2) is 72.8 Å². The number of para-hydroxylation sites is 1. The van der Waals surface area contributed by atoms with Gasteiger partial charge in [-0.1, -0.05) is 60.1 Å². The monoisotopic (exact) mass is 349 g/mol. The SMILES string of the molecule is Clc1cc(Cc2ccccc2)cc(Cc2nc3ccccc3s2)c1. The van der Waals surface area contributed by atoms with Gasteiger partial charge in [0.25, 0.3) is 0 Å². The average Bonchev–Trinajstić information content (AvgIpc) is 2.97. The first-order valence-electron chi connectivity index (χ1n) is 7.93. The molecule has 3 aromatic carbocycles. The van der Waals surface area contributed by atoms with E-state index in [0.29, 0.717) is 0 Å². The van der Waals surface area contributed by atoms with Crippen LogP contribution in [-0.2, 0) is 12.8 Å². The Kier molecular flexibility index (Phi) is 4.33. The van der Waals surface area contributed by atoms with Crippen molar-refractivity contribution in [1.29, 1.82) is 0 Å². The molecule has 0 aliphatic rings. The predicted octanol–water partition coefficient (Wildman–Crippen LogP) is 6.13. The molecular weight excluding hydrogens is 334 g/mol. The molecule has 0 spiro atoms. The van der Waals surface area contributed by atoms with Gasteiger partial charge in [-0.05, 0) is 47.4 Å². The summed E-state index contributed by atoms with van der Waals surface area (Å²) >= 11 is 8.10. The van der Waals surface area contributed by atoms with Gasteiger partial charge in [0.15, 0.2) is 0 Å². The molecule has 0 aliphatic carbocycles. The number of aromatic nitrogens is 1. The van der Waals surface area contributed by atoms with Crippen molar-refractivity contribution in [2.24, 2.45) is 0 Å². The topological polar surface area (TPSA) is 12.9 Å². The minimum absolute atomic E-state index is 0.791. The number of hydrogen-bond acceptors (Lipinski definition) is 2. The number of benzene rings is 3. The number of fused-ring (bicyclic) bond motifs is 1. The van der Waals surface area contributed by atoms with E-state index in [9.17, 15) is 0 Å². The van der Waals surface area contributed by atoms with Crippen molar-refractivity contribution in [3.63, 3.8) is 0 Å². The third-order valence-electron chi connectivity index (χ3n) is 3.96. The van der Waals surface area contributed by atoms with Gasteiger partial charge in [0, 0.05) is 11.4 Å². The summed E-state index contributed by atoms with van der Waals surface area (Å²) in [5, 5.41) is 1.92. The Morgan fingerprint density at radius 2 is 1.46 bits per heavy atom. The van der Waals surface area contributed by atoms with Crippen LogP contribution in [0.1, 0.15) is 21.7 Å². The van der Waals surface area contributed by atoms with Crippen molar-refractivity contribution in [1.82, 2.24) is 4.98 Å². The molecule has 24 heavy (non-hydrogen) atoms. The van der Waals surface area contributed by atoms with E-state index in [1.165, 1.54) is 21.4 Å². The number of hydrogen-bond donors (Lipinski definition) is 0. The molecule has 0 aliphatic heterocycles. The lowest BCUT2D eigenvalue weighted by Crippen LogP contribution is -1.93. The minimum atomic E-state index is 0.791. The Morgan fingerprint density at radius 3 is 2.25 bits per heavy atom. The molecule has 0 N–H and O–H groups in total. The third kappa shape index (κ3) is 3.50. The van der Waals surface area contributed by atoms with E-state index in [0.717, 1.165) is 28.4 Å². The summed E-state index contributed by atoms with van der Waals surface area (Å²) in [6, 6.07) is 25.1. The van der Waals surface area contributed by atoms with Gasteiger partial charge in [0.2, 0.25) is 0 Å². The molecule has 1 heterocycles. The highest BCUT2D eigenvalue weighted by Crippen LogP contribution is 2.25. The highest BCUT2D eigenvalue weighted by Gasteiger charge is 2.07. The maximum atomic E-state index is 6.34. The summed E-state index contributed by atoms with van der Waals surface area (Å²) in [6.07, 6.45) is 1.72. The lowest BCUT2D eigenvalue weighted by atomic mass is 10.0. The van der Waals surface area contributed by atoms with Crippen LogP contribution in [0.2, 0.25) is 5.02 Å². The van der Waals surface area contributed by atoms with Crippen LogP contribution in [0, 0.1) is 0 Å². The van der Waals surface area contributed by atoms with E-state index in [1.807, 2.05) is 18.2 Å². The fraction of sp³-hybridized carbons (Fsp3) is 0.0952. The van der Waals surface area contributed by atoms with Gasteiger partial charge >= 0.3 is 0 Å². The van der Waals surface area contributed by atoms with Crippen LogP contribution in [0.25, 0.3) is 10.2 Å². The summed E-state index contributed by atoms with van der Waals surface area (Å²) in [5.41, 5.74) is 4.83. The van der Waals surface area contributed by atoms with Crippen molar-refractivity contribution >= 4 is 33.2 Å². The first-order chi connectivity index (χ1) is 11.8. The molecule has 0 fully saturated rings. The Bertz CT molecular complexity index is 942. The number of halogens is 1. The van der Waals surface area contributed by atoms with Crippen LogP contribution in [-0.4, -0.2) is 4.98 Å². The quantitative estimate of drug-likeness (QED) is 0.431. The molecule has 1 aromatic heterocycles. The molecular formula is C21H16ClNS. The summed E-state index contributed by atoms with van der Waals surface area (Å²) < 4.78 is 1.24. The van der Waals surface area contributed by atoms with E-state index < -0.39 is 0 Å². The van der Waals surface area contributed by atoms with Crippen molar-refractivity contribution in [3.05, 3.63) is 99.5 Å². The van der Waals surface area contributed by atoms with E-state index in [1.54, 1.807) is 11.3 Å². The smallest absolute Gasteiger partial charge is 0.0982 e. The number of thiazole rings is 1. The lowest BCUT2D eigenvalue weighted by Gasteiger charge is -2.06. The van der Waals surface area contributed by atoms with Gasteiger partial charge in [0.1, 0.15) is 0 Å². The molecule has 0 radical (unpaired) electrons. The number of rotatable bonds is 4. The molecule has 118 valence electrons. The molecule has 0 saturated heterocycles. The molecule has 1 nitrogen and oxygen atoms in total. The van der Waals surface area contributed by atoms with Crippen molar-refractivity contribution in [3.8, 4) is 0 Å². The molecule has 0 bridgehead atoms. The van der Waals surface area contributed by atoms with Crippen LogP contribution in [0.5, 0.6) is 0 Å². The second-order valence-electron chi connectivity index (χ2n) is 5.88. The summed E-state index contributed by atoms with van der Waals surface area (Å²) in [4.78, 5) is 4.73. The first-order valence-corrected chi connectivity index (χ1v) is 9.12. The van der Waals surface area contributed by atoms with Gasteiger partial charge in [-0.25, -0.2) is 4.98 Å². The highest BCUT2D eigenvalue weighted by atomic mass is 35.5. The van der Waals surface area contributed by atoms with Crippen LogP contribution >= 0.6 is 22.9 Å². The fourth-order valence-electron chi connectivity index (χ4n) is 2.92. The van der Waals surface area contributed by atoms with Crippen LogP contribution in [0.4, 0.5) is 0 Å². The molecule has 0 unspecified atom stereocenters. The molecule has 0 amide bonds. The van der Waals surface area contributed by atoms with Gasteiger partial charge in [-0.2, -0.15) is 0 Å². The third-order valence-corrected chi connectivity index (χ3v) is 5.22. The minimum Gasteiger partial charge on any atom is -0.241 e. The summed E-state index contributed by atoms with van der Waals surface area (Å²) in [7, 11) is 0. The zero-order chi connectivity index (χ0) is 16.4.